The van der Waals surface area contributed by atoms with Gasteiger partial charge in [0.05, 0.1) is 0 Å². The molecular weight excluding hydrogens is 226 g/mol. The van der Waals surface area contributed by atoms with Gasteiger partial charge in [-0.25, -0.2) is 4.98 Å². The molecule has 0 saturated heterocycles. The van der Waals surface area contributed by atoms with E-state index < -0.39 is 0 Å². The summed E-state index contributed by atoms with van der Waals surface area (Å²) < 4.78 is 0. The van der Waals surface area contributed by atoms with E-state index in [-0.39, 0.29) is 24.3 Å². The van der Waals surface area contributed by atoms with E-state index >= 15 is 0 Å². The number of hydrogen-bond acceptors (Lipinski definition) is 3. The van der Waals surface area contributed by atoms with Crippen molar-refractivity contribution in [1.82, 2.24) is 4.98 Å². The average Bonchev–Trinajstić information content (AvgIpc) is 2.16. The van der Waals surface area contributed by atoms with Crippen molar-refractivity contribution in [2.45, 2.75) is 26.3 Å². The first-order valence-corrected chi connectivity index (χ1v) is 5.55. The molecule has 0 saturated carbocycles. The number of nitrogens with two attached hydrogens (primary N) is 1. The van der Waals surface area contributed by atoms with Gasteiger partial charge in [0.25, 0.3) is 0 Å². The fourth-order valence-corrected chi connectivity index (χ4v) is 1.29. The van der Waals surface area contributed by atoms with Gasteiger partial charge in [0.15, 0.2) is 0 Å². The molecule has 1 rings (SSSR count). The highest BCUT2D eigenvalue weighted by atomic mass is 35.5. The highest BCUT2D eigenvalue weighted by molar-refractivity contribution is 6.29. The topological polar surface area (TPSA) is 68.0 Å². The molecule has 1 heterocycles. The van der Waals surface area contributed by atoms with Crippen LogP contribution in [0, 0.1) is 5.92 Å². The molecule has 88 valence electrons. The molecule has 0 spiro atoms. The zero-order valence-electron chi connectivity index (χ0n) is 9.40. The third-order valence-electron chi connectivity index (χ3n) is 2.26. The molecule has 0 aliphatic heterocycles. The van der Waals surface area contributed by atoms with Gasteiger partial charge in [-0.05, 0) is 18.1 Å². The quantitative estimate of drug-likeness (QED) is 0.793. The summed E-state index contributed by atoms with van der Waals surface area (Å²) in [6, 6.07) is 4.92. The number of nitrogens with one attached hydrogen (secondary N) is 1. The third-order valence-corrected chi connectivity index (χ3v) is 2.47. The summed E-state index contributed by atoms with van der Waals surface area (Å²) in [5.74, 6) is 0.586. The van der Waals surface area contributed by atoms with Crippen molar-refractivity contribution in [3.05, 3.63) is 23.4 Å². The monoisotopic (exact) mass is 241 g/mol. The number of halogens is 1. The van der Waals surface area contributed by atoms with Gasteiger partial charge in [0.2, 0.25) is 5.91 Å². The molecule has 1 aromatic rings. The number of pyridine rings is 1. The largest absolute Gasteiger partial charge is 0.327 e. The Morgan fingerprint density at radius 1 is 1.56 bits per heavy atom. The van der Waals surface area contributed by atoms with Crippen LogP contribution in [0.25, 0.3) is 0 Å². The number of rotatable bonds is 4. The van der Waals surface area contributed by atoms with Crippen LogP contribution in [0.15, 0.2) is 18.2 Å². The molecule has 1 aromatic heterocycles. The molecule has 16 heavy (non-hydrogen) atoms. The molecule has 1 unspecified atom stereocenters. The van der Waals surface area contributed by atoms with Crippen molar-refractivity contribution in [3.63, 3.8) is 0 Å². The maximum absolute atomic E-state index is 11.6. The van der Waals surface area contributed by atoms with Gasteiger partial charge >= 0.3 is 0 Å². The molecule has 0 aliphatic rings. The Morgan fingerprint density at radius 2 is 2.25 bits per heavy atom. The lowest BCUT2D eigenvalue weighted by Gasteiger charge is -2.14. The second kappa shape index (κ2) is 5.82. The number of nitrogens with zero attached hydrogens (tertiary/aromatic N) is 1. The van der Waals surface area contributed by atoms with Crippen molar-refractivity contribution in [1.29, 1.82) is 0 Å². The van der Waals surface area contributed by atoms with Gasteiger partial charge in [-0.15, -0.1) is 0 Å². The fraction of sp³-hybridized carbons (Fsp3) is 0.455. The summed E-state index contributed by atoms with van der Waals surface area (Å²) in [6.45, 7) is 3.96. The predicted molar refractivity (Wildman–Crippen MR) is 65.3 cm³/mol. The Morgan fingerprint density at radius 3 is 2.81 bits per heavy atom. The number of anilines is 1. The molecule has 0 bridgehead atoms. The summed E-state index contributed by atoms with van der Waals surface area (Å²) in [5, 5.41) is 3.01. The lowest BCUT2D eigenvalue weighted by molar-refractivity contribution is -0.116. The second-order valence-electron chi connectivity index (χ2n) is 4.01. The normalized spacial score (nSPS) is 12.6. The molecular formula is C11H16ClN3O. The first-order chi connectivity index (χ1) is 7.49. The van der Waals surface area contributed by atoms with Crippen LogP contribution in [-0.2, 0) is 4.79 Å². The van der Waals surface area contributed by atoms with Crippen LogP contribution >= 0.6 is 11.6 Å². The molecule has 4 nitrogen and oxygen atoms in total. The van der Waals surface area contributed by atoms with E-state index in [1.807, 2.05) is 13.8 Å². The molecule has 1 atom stereocenters. The van der Waals surface area contributed by atoms with Crippen molar-refractivity contribution < 1.29 is 4.79 Å². The second-order valence-corrected chi connectivity index (χ2v) is 4.39. The van der Waals surface area contributed by atoms with Crippen LogP contribution in [0.2, 0.25) is 5.15 Å². The van der Waals surface area contributed by atoms with Crippen LogP contribution in [0.4, 0.5) is 5.82 Å². The minimum atomic E-state index is -0.143. The SMILES string of the molecule is CC(C)C(N)CC(=O)Nc1cccc(Cl)n1. The maximum atomic E-state index is 11.6. The van der Waals surface area contributed by atoms with Crippen LogP contribution in [0.5, 0.6) is 0 Å². The first-order valence-electron chi connectivity index (χ1n) is 5.17. The number of aromatic nitrogens is 1. The Kier molecular flexibility index (Phi) is 4.71. The van der Waals surface area contributed by atoms with Crippen molar-refractivity contribution in [2.24, 2.45) is 11.7 Å². The molecule has 0 aromatic carbocycles. The van der Waals surface area contributed by atoms with Crippen molar-refractivity contribution >= 4 is 23.3 Å². The van der Waals surface area contributed by atoms with E-state index in [0.29, 0.717) is 11.0 Å². The Balaban J connectivity index is 2.52. The van der Waals surface area contributed by atoms with Gasteiger partial charge in [0.1, 0.15) is 11.0 Å². The molecule has 3 N–H and O–H groups in total. The predicted octanol–water partition coefficient (Wildman–Crippen LogP) is 2.05. The lowest BCUT2D eigenvalue weighted by Crippen LogP contribution is -2.31. The molecule has 1 amide bonds. The van der Waals surface area contributed by atoms with Crippen LogP contribution in [0.1, 0.15) is 20.3 Å². The Labute approximate surface area is 100 Å². The minimum absolute atomic E-state index is 0.140. The van der Waals surface area contributed by atoms with Gasteiger partial charge in [-0.1, -0.05) is 31.5 Å². The van der Waals surface area contributed by atoms with Gasteiger partial charge in [0, 0.05) is 12.5 Å². The van der Waals surface area contributed by atoms with Crippen LogP contribution < -0.4 is 11.1 Å². The van der Waals surface area contributed by atoms with E-state index in [0.717, 1.165) is 0 Å². The van der Waals surface area contributed by atoms with E-state index in [1.54, 1.807) is 18.2 Å². The van der Waals surface area contributed by atoms with Crippen molar-refractivity contribution in [2.75, 3.05) is 5.32 Å². The standard InChI is InChI=1S/C11H16ClN3O/c1-7(2)8(13)6-11(16)15-10-5-3-4-9(12)14-10/h3-5,7-8H,6,13H2,1-2H3,(H,14,15,16). The fourth-order valence-electron chi connectivity index (χ4n) is 1.12. The molecule has 5 heteroatoms. The van der Waals surface area contributed by atoms with E-state index in [2.05, 4.69) is 10.3 Å². The number of amides is 1. The summed E-state index contributed by atoms with van der Waals surface area (Å²) in [7, 11) is 0. The minimum Gasteiger partial charge on any atom is -0.327 e. The summed E-state index contributed by atoms with van der Waals surface area (Å²) in [4.78, 5) is 15.5. The maximum Gasteiger partial charge on any atom is 0.227 e. The number of carbonyl (C=O) groups excluding carboxylic acids is 1. The highest BCUT2D eigenvalue weighted by Crippen LogP contribution is 2.10. The summed E-state index contributed by atoms with van der Waals surface area (Å²) in [6.07, 6.45) is 0.284. The first kappa shape index (κ1) is 12.9. The zero-order chi connectivity index (χ0) is 12.1. The van der Waals surface area contributed by atoms with E-state index in [4.69, 9.17) is 17.3 Å². The molecule has 0 aliphatic carbocycles. The van der Waals surface area contributed by atoms with Gasteiger partial charge in [-0.2, -0.15) is 0 Å². The number of carbonyl (C=O) groups is 1. The smallest absolute Gasteiger partial charge is 0.227 e. The van der Waals surface area contributed by atoms with E-state index in [1.165, 1.54) is 0 Å². The van der Waals surface area contributed by atoms with Crippen LogP contribution in [-0.4, -0.2) is 16.9 Å². The summed E-state index contributed by atoms with van der Waals surface area (Å²) >= 11 is 5.70. The average molecular weight is 242 g/mol. The van der Waals surface area contributed by atoms with E-state index in [9.17, 15) is 4.79 Å². The summed E-state index contributed by atoms with van der Waals surface area (Å²) in [5.41, 5.74) is 5.79. The Bertz CT molecular complexity index is 368. The zero-order valence-corrected chi connectivity index (χ0v) is 10.2. The lowest BCUT2D eigenvalue weighted by atomic mass is 10.0. The molecule has 0 fully saturated rings. The van der Waals surface area contributed by atoms with Gasteiger partial charge in [-0.3, -0.25) is 4.79 Å². The number of hydrogen-bond donors (Lipinski definition) is 2. The van der Waals surface area contributed by atoms with Crippen molar-refractivity contribution in [3.8, 4) is 0 Å². The van der Waals surface area contributed by atoms with Crippen LogP contribution in [0.3, 0.4) is 0 Å². The van der Waals surface area contributed by atoms with Gasteiger partial charge < -0.3 is 11.1 Å². The third kappa shape index (κ3) is 4.16. The highest BCUT2D eigenvalue weighted by Gasteiger charge is 2.13. The molecule has 0 radical (unpaired) electrons. The Hall–Kier alpha value is -1.13.